The smallest absolute Gasteiger partial charge is 0.319 e. The molecular formula is C14H27N3OS. The number of urea groups is 1. The van der Waals surface area contributed by atoms with Crippen molar-refractivity contribution in [2.24, 2.45) is 5.73 Å². The summed E-state index contributed by atoms with van der Waals surface area (Å²) in [4.78, 5) is 14.5. The maximum absolute atomic E-state index is 12.4. The Bertz CT molecular complexity index is 268. The van der Waals surface area contributed by atoms with Gasteiger partial charge in [-0.25, -0.2) is 4.79 Å². The van der Waals surface area contributed by atoms with Gasteiger partial charge in [0.15, 0.2) is 0 Å². The molecule has 0 radical (unpaired) electrons. The first-order valence-electron chi connectivity index (χ1n) is 7.71. The molecule has 3 N–H and O–H groups in total. The average molecular weight is 285 g/mol. The van der Waals surface area contributed by atoms with Gasteiger partial charge in [0.2, 0.25) is 0 Å². The zero-order valence-corrected chi connectivity index (χ0v) is 12.6. The van der Waals surface area contributed by atoms with Gasteiger partial charge in [-0.1, -0.05) is 38.5 Å². The van der Waals surface area contributed by atoms with Crippen molar-refractivity contribution < 1.29 is 4.79 Å². The van der Waals surface area contributed by atoms with Crippen LogP contribution in [0, 0.1) is 0 Å². The van der Waals surface area contributed by atoms with Crippen LogP contribution < -0.4 is 11.1 Å². The van der Waals surface area contributed by atoms with Crippen molar-refractivity contribution in [1.82, 2.24) is 10.2 Å². The lowest BCUT2D eigenvalue weighted by atomic mass is 9.89. The Hall–Kier alpha value is -0.420. The Morgan fingerprint density at radius 2 is 1.42 bits per heavy atom. The highest BCUT2D eigenvalue weighted by Crippen LogP contribution is 2.30. The number of hydrogen-bond acceptors (Lipinski definition) is 3. The number of thiol groups is 1. The number of rotatable bonds is 3. The summed E-state index contributed by atoms with van der Waals surface area (Å²) in [5, 5.41) is 2.77. The SMILES string of the molecule is NC(S)NC(=O)N(C1CCCCC1)C1CCCCC1. The molecule has 0 aliphatic heterocycles. The summed E-state index contributed by atoms with van der Waals surface area (Å²) in [6.07, 6.45) is 12.2. The minimum Gasteiger partial charge on any atom is -0.319 e. The largest absolute Gasteiger partial charge is 0.319 e. The van der Waals surface area contributed by atoms with Gasteiger partial charge in [-0.05, 0) is 25.7 Å². The number of carbonyl (C=O) groups is 1. The fourth-order valence-corrected chi connectivity index (χ4v) is 3.66. The molecule has 0 spiro atoms. The van der Waals surface area contributed by atoms with Crippen LogP contribution in [0.1, 0.15) is 64.2 Å². The minimum absolute atomic E-state index is 0.0127. The highest BCUT2D eigenvalue weighted by molar-refractivity contribution is 7.80. The molecule has 2 saturated carbocycles. The Balaban J connectivity index is 2.04. The molecular weight excluding hydrogens is 258 g/mol. The van der Waals surface area contributed by atoms with E-state index in [0.717, 1.165) is 25.7 Å². The van der Waals surface area contributed by atoms with Crippen molar-refractivity contribution in [3.05, 3.63) is 0 Å². The maximum atomic E-state index is 12.4. The summed E-state index contributed by atoms with van der Waals surface area (Å²) >= 11 is 4.08. The molecule has 0 saturated heterocycles. The van der Waals surface area contributed by atoms with Gasteiger partial charge in [-0.3, -0.25) is 0 Å². The van der Waals surface area contributed by atoms with E-state index in [1.165, 1.54) is 38.5 Å². The van der Waals surface area contributed by atoms with Gasteiger partial charge >= 0.3 is 6.03 Å². The first kappa shape index (κ1) is 15.0. The number of carbonyl (C=O) groups excluding carboxylic acids is 1. The summed E-state index contributed by atoms with van der Waals surface area (Å²) in [6, 6.07) is 0.800. The van der Waals surface area contributed by atoms with Crippen LogP contribution in [0.25, 0.3) is 0 Å². The van der Waals surface area contributed by atoms with Crippen LogP contribution in [0.15, 0.2) is 0 Å². The molecule has 4 nitrogen and oxygen atoms in total. The molecule has 5 heteroatoms. The average Bonchev–Trinajstić information content (AvgIpc) is 2.40. The van der Waals surface area contributed by atoms with Crippen molar-refractivity contribution in [2.75, 3.05) is 0 Å². The van der Waals surface area contributed by atoms with Gasteiger partial charge < -0.3 is 16.0 Å². The van der Waals surface area contributed by atoms with E-state index in [-0.39, 0.29) is 6.03 Å². The molecule has 2 amide bonds. The summed E-state index contributed by atoms with van der Waals surface area (Å²) in [5.74, 6) is 0. The van der Waals surface area contributed by atoms with Gasteiger partial charge in [-0.2, -0.15) is 0 Å². The molecule has 0 aromatic rings. The van der Waals surface area contributed by atoms with Crippen LogP contribution in [0.4, 0.5) is 4.79 Å². The Morgan fingerprint density at radius 1 is 1.00 bits per heavy atom. The molecule has 0 heterocycles. The lowest BCUT2D eigenvalue weighted by Crippen LogP contribution is -2.55. The number of nitrogens with zero attached hydrogens (tertiary/aromatic N) is 1. The third-order valence-electron chi connectivity index (χ3n) is 4.44. The van der Waals surface area contributed by atoms with E-state index < -0.39 is 5.50 Å². The number of nitrogens with two attached hydrogens (primary N) is 1. The normalized spacial score (nSPS) is 23.9. The standard InChI is InChI=1S/C14H27N3OS/c15-13(19)16-14(18)17(11-7-3-1-4-8-11)12-9-5-2-6-10-12/h11-13,19H,1-10,15H2,(H,16,18). The van der Waals surface area contributed by atoms with E-state index >= 15 is 0 Å². The van der Waals surface area contributed by atoms with Crippen LogP contribution in [0.3, 0.4) is 0 Å². The van der Waals surface area contributed by atoms with Crippen LogP contribution in [0.5, 0.6) is 0 Å². The predicted molar refractivity (Wildman–Crippen MR) is 81.1 cm³/mol. The molecule has 0 aromatic carbocycles. The molecule has 2 fully saturated rings. The fraction of sp³-hybridized carbons (Fsp3) is 0.929. The minimum atomic E-state index is -0.567. The van der Waals surface area contributed by atoms with Crippen molar-refractivity contribution in [1.29, 1.82) is 0 Å². The first-order valence-corrected chi connectivity index (χ1v) is 8.22. The van der Waals surface area contributed by atoms with Gasteiger partial charge in [-0.15, -0.1) is 12.6 Å². The molecule has 2 rings (SSSR count). The lowest BCUT2D eigenvalue weighted by molar-refractivity contribution is 0.104. The van der Waals surface area contributed by atoms with Crippen molar-refractivity contribution >= 4 is 18.7 Å². The Morgan fingerprint density at radius 3 is 1.79 bits per heavy atom. The van der Waals surface area contributed by atoms with Crippen LogP contribution in [-0.4, -0.2) is 28.5 Å². The monoisotopic (exact) mass is 285 g/mol. The molecule has 0 bridgehead atoms. The van der Waals surface area contributed by atoms with Crippen molar-refractivity contribution in [3.63, 3.8) is 0 Å². The second-order valence-electron chi connectivity index (χ2n) is 5.89. The summed E-state index contributed by atoms with van der Waals surface area (Å²) in [5.41, 5.74) is 5.03. The highest BCUT2D eigenvalue weighted by atomic mass is 32.1. The van der Waals surface area contributed by atoms with Crippen molar-refractivity contribution in [2.45, 2.75) is 81.8 Å². The van der Waals surface area contributed by atoms with E-state index in [1.54, 1.807) is 0 Å². The predicted octanol–water partition coefficient (Wildman–Crippen LogP) is 2.84. The molecule has 19 heavy (non-hydrogen) atoms. The topological polar surface area (TPSA) is 58.4 Å². The Labute approximate surface area is 121 Å². The van der Waals surface area contributed by atoms with Crippen molar-refractivity contribution in [3.8, 4) is 0 Å². The van der Waals surface area contributed by atoms with Crippen LogP contribution in [-0.2, 0) is 0 Å². The molecule has 110 valence electrons. The van der Waals surface area contributed by atoms with E-state index in [4.69, 9.17) is 5.73 Å². The van der Waals surface area contributed by atoms with E-state index in [9.17, 15) is 4.79 Å². The van der Waals surface area contributed by atoms with Gasteiger partial charge in [0.05, 0.1) is 0 Å². The van der Waals surface area contributed by atoms with E-state index in [0.29, 0.717) is 12.1 Å². The highest BCUT2D eigenvalue weighted by Gasteiger charge is 2.32. The fourth-order valence-electron chi connectivity index (χ4n) is 3.55. The number of nitrogens with one attached hydrogen (secondary N) is 1. The maximum Gasteiger partial charge on any atom is 0.319 e. The van der Waals surface area contributed by atoms with E-state index in [1.807, 2.05) is 0 Å². The summed E-state index contributed by atoms with van der Waals surface area (Å²) in [7, 11) is 0. The molecule has 0 aromatic heterocycles. The summed E-state index contributed by atoms with van der Waals surface area (Å²) < 4.78 is 0. The zero-order valence-electron chi connectivity index (χ0n) is 11.7. The van der Waals surface area contributed by atoms with Gasteiger partial charge in [0.25, 0.3) is 0 Å². The third-order valence-corrected chi connectivity index (χ3v) is 4.57. The number of hydrogen-bond donors (Lipinski definition) is 3. The quantitative estimate of drug-likeness (QED) is 0.551. The molecule has 1 atom stereocenters. The molecule has 2 aliphatic rings. The first-order chi connectivity index (χ1) is 9.18. The van der Waals surface area contributed by atoms with E-state index in [2.05, 4.69) is 22.8 Å². The molecule has 1 unspecified atom stereocenters. The number of amides is 2. The zero-order chi connectivity index (χ0) is 13.7. The van der Waals surface area contributed by atoms with Gasteiger partial charge in [0.1, 0.15) is 5.50 Å². The Kier molecular flexibility index (Phi) is 5.82. The van der Waals surface area contributed by atoms with Gasteiger partial charge in [0, 0.05) is 12.1 Å². The third kappa shape index (κ3) is 4.28. The molecule has 2 aliphatic carbocycles. The van der Waals surface area contributed by atoms with Crippen LogP contribution in [0.2, 0.25) is 0 Å². The summed E-state index contributed by atoms with van der Waals surface area (Å²) in [6.45, 7) is 0. The van der Waals surface area contributed by atoms with Crippen LogP contribution >= 0.6 is 12.6 Å². The lowest BCUT2D eigenvalue weighted by Gasteiger charge is -2.41. The second kappa shape index (κ2) is 7.39. The second-order valence-corrected chi connectivity index (χ2v) is 6.44.